The highest BCUT2D eigenvalue weighted by molar-refractivity contribution is 7.97. The molecule has 0 aliphatic rings. The average molecular weight is 437 g/mol. The molecule has 0 bridgehead atoms. The third kappa shape index (κ3) is 4.81. The summed E-state index contributed by atoms with van der Waals surface area (Å²) in [4.78, 5) is 12.9. The van der Waals surface area contributed by atoms with Gasteiger partial charge in [0.1, 0.15) is 23.8 Å². The van der Waals surface area contributed by atoms with E-state index in [-0.39, 0.29) is 5.82 Å². The fourth-order valence-electron chi connectivity index (χ4n) is 3.70. The maximum Gasteiger partial charge on any atom is 0.147 e. The van der Waals surface area contributed by atoms with E-state index < -0.39 is 0 Å². The Balaban J connectivity index is 1.44. The number of nitrogens with one attached hydrogen (secondary N) is 4. The van der Waals surface area contributed by atoms with E-state index in [2.05, 4.69) is 36.4 Å². The molecule has 2 heterocycles. The molecule has 31 heavy (non-hydrogen) atoms. The van der Waals surface area contributed by atoms with Crippen LogP contribution in [0.25, 0.3) is 10.9 Å². The molecule has 0 saturated heterocycles. The Morgan fingerprint density at radius 3 is 2.74 bits per heavy atom. The van der Waals surface area contributed by atoms with Gasteiger partial charge in [-0.3, -0.25) is 4.72 Å². The van der Waals surface area contributed by atoms with Gasteiger partial charge < -0.3 is 15.6 Å². The van der Waals surface area contributed by atoms with Crippen LogP contribution in [0, 0.1) is 19.7 Å². The van der Waals surface area contributed by atoms with Crippen molar-refractivity contribution in [1.82, 2.24) is 19.7 Å². The summed E-state index contributed by atoms with van der Waals surface area (Å²) in [5.74, 6) is 1.23. The number of aromatic amines is 1. The topological polar surface area (TPSA) is 77.7 Å². The number of benzene rings is 2. The SMILES string of the molecule is CNSc1cccc(Nc2cc(NCCc3c(C)[nH]c4c(F)ccc(C)c34)ncn2)c1. The second-order valence-corrected chi connectivity index (χ2v) is 8.35. The molecule has 2 aromatic carbocycles. The second kappa shape index (κ2) is 9.36. The van der Waals surface area contributed by atoms with Gasteiger partial charge in [-0.1, -0.05) is 12.1 Å². The van der Waals surface area contributed by atoms with Crippen LogP contribution in [-0.2, 0) is 6.42 Å². The lowest BCUT2D eigenvalue weighted by Gasteiger charge is -2.10. The van der Waals surface area contributed by atoms with E-state index in [1.54, 1.807) is 11.9 Å². The largest absolute Gasteiger partial charge is 0.370 e. The first-order chi connectivity index (χ1) is 15.0. The lowest BCUT2D eigenvalue weighted by molar-refractivity contribution is 0.637. The lowest BCUT2D eigenvalue weighted by atomic mass is 10.0. The van der Waals surface area contributed by atoms with Gasteiger partial charge in [0.25, 0.3) is 0 Å². The van der Waals surface area contributed by atoms with Crippen LogP contribution >= 0.6 is 11.9 Å². The maximum absolute atomic E-state index is 14.2. The minimum absolute atomic E-state index is 0.216. The van der Waals surface area contributed by atoms with Crippen LogP contribution in [0.1, 0.15) is 16.8 Å². The van der Waals surface area contributed by atoms with Crippen molar-refractivity contribution < 1.29 is 4.39 Å². The van der Waals surface area contributed by atoms with Gasteiger partial charge in [-0.15, -0.1) is 0 Å². The molecule has 0 atom stereocenters. The van der Waals surface area contributed by atoms with E-state index >= 15 is 0 Å². The molecule has 4 rings (SSSR count). The smallest absolute Gasteiger partial charge is 0.147 e. The number of aromatic nitrogens is 3. The number of anilines is 3. The van der Waals surface area contributed by atoms with Crippen LogP contribution in [-0.4, -0.2) is 28.5 Å². The van der Waals surface area contributed by atoms with E-state index in [1.807, 2.05) is 51.2 Å². The van der Waals surface area contributed by atoms with E-state index in [0.29, 0.717) is 17.9 Å². The molecule has 0 amide bonds. The van der Waals surface area contributed by atoms with E-state index in [1.165, 1.54) is 12.4 Å². The summed E-state index contributed by atoms with van der Waals surface area (Å²) in [6.07, 6.45) is 2.29. The number of hydrogen-bond acceptors (Lipinski definition) is 6. The fraction of sp³-hybridized carbons (Fsp3) is 0.217. The monoisotopic (exact) mass is 436 g/mol. The van der Waals surface area contributed by atoms with Crippen LogP contribution in [0.2, 0.25) is 0 Å². The summed E-state index contributed by atoms with van der Waals surface area (Å²) in [5.41, 5.74) is 4.74. The molecule has 0 saturated carbocycles. The molecule has 2 aromatic heterocycles. The minimum Gasteiger partial charge on any atom is -0.370 e. The number of nitrogens with zero attached hydrogens (tertiary/aromatic N) is 2. The average Bonchev–Trinajstić information content (AvgIpc) is 3.09. The first kappa shape index (κ1) is 21.1. The first-order valence-corrected chi connectivity index (χ1v) is 10.9. The number of halogens is 1. The molecule has 0 unspecified atom stereocenters. The fourth-order valence-corrected chi connectivity index (χ4v) is 4.26. The lowest BCUT2D eigenvalue weighted by Crippen LogP contribution is -2.08. The van der Waals surface area contributed by atoms with Gasteiger partial charge >= 0.3 is 0 Å². The van der Waals surface area contributed by atoms with Crippen LogP contribution in [0.15, 0.2) is 53.7 Å². The van der Waals surface area contributed by atoms with Crippen molar-refractivity contribution in [2.45, 2.75) is 25.2 Å². The Morgan fingerprint density at radius 2 is 1.90 bits per heavy atom. The summed E-state index contributed by atoms with van der Waals surface area (Å²) < 4.78 is 17.2. The second-order valence-electron chi connectivity index (χ2n) is 7.27. The highest BCUT2D eigenvalue weighted by atomic mass is 32.2. The molecule has 0 spiro atoms. The molecule has 0 radical (unpaired) electrons. The van der Waals surface area contributed by atoms with Crippen molar-refractivity contribution in [1.29, 1.82) is 0 Å². The first-order valence-electron chi connectivity index (χ1n) is 10.1. The summed E-state index contributed by atoms with van der Waals surface area (Å²) in [6, 6.07) is 13.3. The zero-order chi connectivity index (χ0) is 21.8. The molecule has 0 aliphatic heterocycles. The quantitative estimate of drug-likeness (QED) is 0.279. The van der Waals surface area contributed by atoms with Crippen LogP contribution in [0.4, 0.5) is 21.7 Å². The molecule has 4 aromatic rings. The molecule has 8 heteroatoms. The number of H-pyrrole nitrogens is 1. The van der Waals surface area contributed by atoms with Crippen LogP contribution in [0.3, 0.4) is 0 Å². The summed E-state index contributed by atoms with van der Waals surface area (Å²) in [5, 5.41) is 7.64. The van der Waals surface area contributed by atoms with Crippen molar-refractivity contribution >= 4 is 40.2 Å². The van der Waals surface area contributed by atoms with E-state index in [9.17, 15) is 4.39 Å². The van der Waals surface area contributed by atoms with Gasteiger partial charge in [0.05, 0.1) is 5.52 Å². The zero-order valence-corrected chi connectivity index (χ0v) is 18.5. The Bertz CT molecular complexity index is 1210. The Labute approximate surface area is 185 Å². The molecule has 4 N–H and O–H groups in total. The van der Waals surface area contributed by atoms with Gasteiger partial charge in [0.2, 0.25) is 0 Å². The standard InChI is InChI=1S/C23H25FN6S/c1-14-7-8-19(24)23-22(14)18(15(2)29-23)9-10-26-20-12-21(28-13-27-20)30-16-5-4-6-17(11-16)31-25-3/h4-8,11-13,25,29H,9-10H2,1-3H3,(H2,26,27,28,30). The number of hydrogen-bond donors (Lipinski definition) is 4. The number of rotatable bonds is 8. The Kier molecular flexibility index (Phi) is 6.39. The van der Waals surface area contributed by atoms with Gasteiger partial charge in [-0.25, -0.2) is 14.4 Å². The van der Waals surface area contributed by atoms with Crippen molar-refractivity contribution in [2.75, 3.05) is 24.2 Å². The van der Waals surface area contributed by atoms with Crippen molar-refractivity contribution in [3.8, 4) is 0 Å². The summed E-state index contributed by atoms with van der Waals surface area (Å²) >= 11 is 1.56. The molecule has 0 fully saturated rings. The van der Waals surface area contributed by atoms with E-state index in [0.717, 1.165) is 45.0 Å². The predicted octanol–water partition coefficient (Wildman–Crippen LogP) is 5.34. The number of aryl methyl sites for hydroxylation is 2. The van der Waals surface area contributed by atoms with Crippen molar-refractivity contribution in [3.05, 3.63) is 71.4 Å². The predicted molar refractivity (Wildman–Crippen MR) is 127 cm³/mol. The van der Waals surface area contributed by atoms with Crippen molar-refractivity contribution in [2.24, 2.45) is 0 Å². The van der Waals surface area contributed by atoms with Crippen LogP contribution in [0.5, 0.6) is 0 Å². The third-order valence-electron chi connectivity index (χ3n) is 5.10. The van der Waals surface area contributed by atoms with Gasteiger partial charge in [-0.05, 0) is 74.7 Å². The number of fused-ring (bicyclic) bond motifs is 1. The maximum atomic E-state index is 14.2. The summed E-state index contributed by atoms with van der Waals surface area (Å²) in [7, 11) is 1.89. The van der Waals surface area contributed by atoms with E-state index in [4.69, 9.17) is 0 Å². The van der Waals surface area contributed by atoms with Crippen molar-refractivity contribution in [3.63, 3.8) is 0 Å². The zero-order valence-electron chi connectivity index (χ0n) is 17.7. The van der Waals surface area contributed by atoms with Gasteiger partial charge in [-0.2, -0.15) is 0 Å². The summed E-state index contributed by atoms with van der Waals surface area (Å²) in [6.45, 7) is 4.67. The minimum atomic E-state index is -0.216. The Morgan fingerprint density at radius 1 is 1.06 bits per heavy atom. The molecule has 160 valence electrons. The highest BCUT2D eigenvalue weighted by Crippen LogP contribution is 2.28. The molecular weight excluding hydrogens is 411 g/mol. The van der Waals surface area contributed by atoms with Gasteiger partial charge in [0, 0.05) is 34.3 Å². The normalized spacial score (nSPS) is 11.1. The molecule has 6 nitrogen and oxygen atoms in total. The molecule has 0 aliphatic carbocycles. The molecular formula is C23H25FN6S. The highest BCUT2D eigenvalue weighted by Gasteiger charge is 2.13. The van der Waals surface area contributed by atoms with Crippen LogP contribution < -0.4 is 15.4 Å². The Hall–Kier alpha value is -3.10. The third-order valence-corrected chi connectivity index (χ3v) is 5.80. The van der Waals surface area contributed by atoms with Gasteiger partial charge in [0.15, 0.2) is 0 Å².